The fourth-order valence-electron chi connectivity index (χ4n) is 2.27. The second kappa shape index (κ2) is 4.98. The molecule has 0 heterocycles. The van der Waals surface area contributed by atoms with E-state index in [9.17, 15) is 9.59 Å². The molecule has 2 atom stereocenters. The van der Waals surface area contributed by atoms with Crippen molar-refractivity contribution in [3.63, 3.8) is 0 Å². The zero-order valence-electron chi connectivity index (χ0n) is 8.11. The molecule has 0 spiro atoms. The molecule has 0 aromatic rings. The maximum Gasteiger partial charge on any atom is 0.303 e. The molecule has 4 nitrogen and oxygen atoms in total. The lowest BCUT2D eigenvalue weighted by Crippen LogP contribution is -2.20. The average molecular weight is 200 g/mol. The zero-order valence-corrected chi connectivity index (χ0v) is 8.11. The van der Waals surface area contributed by atoms with Gasteiger partial charge in [0.05, 0.1) is 0 Å². The highest BCUT2D eigenvalue weighted by molar-refractivity contribution is 5.67. The molecule has 2 unspecified atom stereocenters. The first kappa shape index (κ1) is 11.0. The van der Waals surface area contributed by atoms with E-state index in [0.717, 1.165) is 25.7 Å². The molecular weight excluding hydrogens is 184 g/mol. The van der Waals surface area contributed by atoms with Gasteiger partial charge in [-0.25, -0.2) is 0 Å². The number of carbonyl (C=O) groups is 2. The molecule has 2 N–H and O–H groups in total. The zero-order chi connectivity index (χ0) is 10.6. The minimum Gasteiger partial charge on any atom is -0.481 e. The summed E-state index contributed by atoms with van der Waals surface area (Å²) < 4.78 is 0. The monoisotopic (exact) mass is 200 g/mol. The van der Waals surface area contributed by atoms with E-state index in [1.54, 1.807) is 0 Å². The van der Waals surface area contributed by atoms with Gasteiger partial charge in [-0.3, -0.25) is 9.59 Å². The van der Waals surface area contributed by atoms with Gasteiger partial charge in [-0.15, -0.1) is 0 Å². The molecule has 0 radical (unpaired) electrons. The molecule has 1 fully saturated rings. The van der Waals surface area contributed by atoms with Crippen LogP contribution in [0.3, 0.4) is 0 Å². The first-order valence-corrected chi connectivity index (χ1v) is 5.01. The molecule has 0 amide bonds. The SMILES string of the molecule is O=C(O)CC1CCCC(CC(=O)O)C1. The topological polar surface area (TPSA) is 74.6 Å². The molecule has 0 saturated heterocycles. The van der Waals surface area contributed by atoms with E-state index in [4.69, 9.17) is 10.2 Å². The predicted molar refractivity (Wildman–Crippen MR) is 50.0 cm³/mol. The summed E-state index contributed by atoms with van der Waals surface area (Å²) in [6, 6.07) is 0. The van der Waals surface area contributed by atoms with Gasteiger partial charge in [0.15, 0.2) is 0 Å². The lowest BCUT2D eigenvalue weighted by atomic mass is 9.78. The Kier molecular flexibility index (Phi) is 3.92. The molecule has 0 aromatic carbocycles. The summed E-state index contributed by atoms with van der Waals surface area (Å²) in [6.45, 7) is 0. The van der Waals surface area contributed by atoms with Crippen LogP contribution in [0.15, 0.2) is 0 Å². The van der Waals surface area contributed by atoms with Gasteiger partial charge in [0, 0.05) is 12.8 Å². The highest BCUT2D eigenvalue weighted by Gasteiger charge is 2.25. The standard InChI is InChI=1S/C10H16O4/c11-9(12)5-7-2-1-3-8(4-7)6-10(13)14/h7-8H,1-6H2,(H,11,12)(H,13,14). The average Bonchev–Trinajstić information content (AvgIpc) is 2.01. The Labute approximate surface area is 82.9 Å². The van der Waals surface area contributed by atoms with Crippen LogP contribution < -0.4 is 0 Å². The molecule has 1 aliphatic carbocycles. The second-order valence-corrected chi connectivity index (χ2v) is 4.09. The van der Waals surface area contributed by atoms with Crippen LogP contribution in [0.1, 0.15) is 38.5 Å². The third kappa shape index (κ3) is 3.77. The first-order valence-electron chi connectivity index (χ1n) is 5.01. The van der Waals surface area contributed by atoms with Gasteiger partial charge in [0.2, 0.25) is 0 Å². The smallest absolute Gasteiger partial charge is 0.303 e. The molecule has 0 aromatic heterocycles. The third-order valence-corrected chi connectivity index (χ3v) is 2.82. The number of aliphatic carboxylic acids is 2. The fraction of sp³-hybridized carbons (Fsp3) is 0.800. The predicted octanol–water partition coefficient (Wildman–Crippen LogP) is 1.74. The largest absolute Gasteiger partial charge is 0.481 e. The molecule has 14 heavy (non-hydrogen) atoms. The highest BCUT2D eigenvalue weighted by atomic mass is 16.4. The Morgan fingerprint density at radius 1 is 1.00 bits per heavy atom. The highest BCUT2D eigenvalue weighted by Crippen LogP contribution is 2.32. The Morgan fingerprint density at radius 3 is 1.79 bits per heavy atom. The molecular formula is C10H16O4. The van der Waals surface area contributed by atoms with Crippen molar-refractivity contribution in [1.29, 1.82) is 0 Å². The second-order valence-electron chi connectivity index (χ2n) is 4.09. The van der Waals surface area contributed by atoms with Gasteiger partial charge in [-0.2, -0.15) is 0 Å². The van der Waals surface area contributed by atoms with Crippen molar-refractivity contribution in [2.75, 3.05) is 0 Å². The minimum absolute atomic E-state index is 0.186. The maximum absolute atomic E-state index is 10.5. The number of hydrogen-bond acceptors (Lipinski definition) is 2. The van der Waals surface area contributed by atoms with Crippen molar-refractivity contribution in [2.24, 2.45) is 11.8 Å². The number of carboxylic acid groups (broad SMARTS) is 2. The summed E-state index contributed by atoms with van der Waals surface area (Å²) in [6.07, 6.45) is 3.98. The van der Waals surface area contributed by atoms with E-state index >= 15 is 0 Å². The molecule has 1 rings (SSSR count). The molecule has 80 valence electrons. The quantitative estimate of drug-likeness (QED) is 0.724. The molecule has 1 aliphatic rings. The van der Waals surface area contributed by atoms with Gasteiger partial charge in [0.25, 0.3) is 0 Å². The lowest BCUT2D eigenvalue weighted by Gasteiger charge is -2.26. The van der Waals surface area contributed by atoms with Gasteiger partial charge < -0.3 is 10.2 Å². The van der Waals surface area contributed by atoms with Gasteiger partial charge >= 0.3 is 11.9 Å². The number of carboxylic acids is 2. The van der Waals surface area contributed by atoms with Crippen molar-refractivity contribution in [2.45, 2.75) is 38.5 Å². The van der Waals surface area contributed by atoms with Crippen molar-refractivity contribution in [3.05, 3.63) is 0 Å². The lowest BCUT2D eigenvalue weighted by molar-refractivity contribution is -0.138. The minimum atomic E-state index is -0.772. The van der Waals surface area contributed by atoms with Crippen LogP contribution in [0.25, 0.3) is 0 Å². The summed E-state index contributed by atoms with van der Waals surface area (Å²) in [5.41, 5.74) is 0. The van der Waals surface area contributed by atoms with E-state index in [1.165, 1.54) is 0 Å². The fourth-order valence-corrected chi connectivity index (χ4v) is 2.27. The van der Waals surface area contributed by atoms with E-state index in [2.05, 4.69) is 0 Å². The summed E-state index contributed by atoms with van der Waals surface area (Å²) >= 11 is 0. The van der Waals surface area contributed by atoms with Crippen LogP contribution in [-0.4, -0.2) is 22.2 Å². The normalized spacial score (nSPS) is 27.1. The van der Waals surface area contributed by atoms with Crippen molar-refractivity contribution < 1.29 is 19.8 Å². The number of rotatable bonds is 4. The summed E-state index contributed by atoms with van der Waals surface area (Å²) in [5, 5.41) is 17.2. The summed E-state index contributed by atoms with van der Waals surface area (Å²) in [5.74, 6) is -1.17. The van der Waals surface area contributed by atoms with E-state index < -0.39 is 11.9 Å². The summed E-state index contributed by atoms with van der Waals surface area (Å²) in [7, 11) is 0. The van der Waals surface area contributed by atoms with Crippen LogP contribution in [0.2, 0.25) is 0 Å². The Morgan fingerprint density at radius 2 is 1.43 bits per heavy atom. The van der Waals surface area contributed by atoms with Crippen LogP contribution in [-0.2, 0) is 9.59 Å². The van der Waals surface area contributed by atoms with Crippen molar-refractivity contribution in [3.8, 4) is 0 Å². The van der Waals surface area contributed by atoms with Crippen LogP contribution >= 0.6 is 0 Å². The van der Waals surface area contributed by atoms with Gasteiger partial charge in [-0.1, -0.05) is 6.42 Å². The van der Waals surface area contributed by atoms with Crippen LogP contribution in [0.4, 0.5) is 0 Å². The Bertz CT molecular complexity index is 202. The number of hydrogen-bond donors (Lipinski definition) is 2. The van der Waals surface area contributed by atoms with E-state index in [-0.39, 0.29) is 24.7 Å². The van der Waals surface area contributed by atoms with Crippen molar-refractivity contribution in [1.82, 2.24) is 0 Å². The summed E-state index contributed by atoms with van der Waals surface area (Å²) in [4.78, 5) is 21.0. The molecule has 0 aliphatic heterocycles. The van der Waals surface area contributed by atoms with Crippen molar-refractivity contribution >= 4 is 11.9 Å². The van der Waals surface area contributed by atoms with E-state index in [0.29, 0.717) is 0 Å². The van der Waals surface area contributed by atoms with Crippen LogP contribution in [0.5, 0.6) is 0 Å². The van der Waals surface area contributed by atoms with E-state index in [1.807, 2.05) is 0 Å². The van der Waals surface area contributed by atoms with Crippen LogP contribution in [0, 0.1) is 11.8 Å². The third-order valence-electron chi connectivity index (χ3n) is 2.82. The van der Waals surface area contributed by atoms with Gasteiger partial charge in [0.1, 0.15) is 0 Å². The molecule has 1 saturated carbocycles. The Hall–Kier alpha value is -1.06. The molecule has 4 heteroatoms. The Balaban J connectivity index is 2.35. The first-order chi connectivity index (χ1) is 6.58. The molecule has 0 bridgehead atoms. The van der Waals surface area contributed by atoms with Gasteiger partial charge in [-0.05, 0) is 31.1 Å². The maximum atomic E-state index is 10.5.